The van der Waals surface area contributed by atoms with Crippen LogP contribution >= 0.6 is 0 Å². The molecule has 0 unspecified atom stereocenters. The topological polar surface area (TPSA) is 55.8 Å². The van der Waals surface area contributed by atoms with Gasteiger partial charge in [0.15, 0.2) is 0 Å². The Morgan fingerprint density at radius 2 is 1.75 bits per heavy atom. The standard InChI is InChI=1S/C15H27NO4/c1-14(2,3)12(17)19-10-11-8-7-9-16(11)13(18)20-15(4,5)6/h11H,7-10H2,1-6H3/t11-/m1/s1. The second-order valence-electron chi connectivity index (χ2n) is 7.32. The summed E-state index contributed by atoms with van der Waals surface area (Å²) in [6, 6.07) is -0.0730. The predicted molar refractivity (Wildman–Crippen MR) is 76.4 cm³/mol. The Morgan fingerprint density at radius 1 is 1.15 bits per heavy atom. The fraction of sp³-hybridized carbons (Fsp3) is 0.867. The molecule has 20 heavy (non-hydrogen) atoms. The third-order valence-corrected chi connectivity index (χ3v) is 3.02. The molecule has 1 aliphatic rings. The molecule has 0 N–H and O–H groups in total. The molecule has 0 saturated carbocycles. The quantitative estimate of drug-likeness (QED) is 0.732. The van der Waals surface area contributed by atoms with Crippen LogP contribution in [0.25, 0.3) is 0 Å². The maximum atomic E-state index is 12.1. The number of rotatable bonds is 2. The number of nitrogens with zero attached hydrogens (tertiary/aromatic N) is 1. The van der Waals surface area contributed by atoms with Gasteiger partial charge in [0.05, 0.1) is 11.5 Å². The maximum Gasteiger partial charge on any atom is 0.410 e. The number of likely N-dealkylation sites (tertiary alicyclic amines) is 1. The molecule has 0 radical (unpaired) electrons. The summed E-state index contributed by atoms with van der Waals surface area (Å²) in [5.74, 6) is -0.242. The number of esters is 1. The first-order chi connectivity index (χ1) is 9.00. The minimum atomic E-state index is -0.518. The third kappa shape index (κ3) is 5.02. The van der Waals surface area contributed by atoms with E-state index in [1.165, 1.54) is 0 Å². The van der Waals surface area contributed by atoms with Crippen LogP contribution in [0.5, 0.6) is 0 Å². The lowest BCUT2D eigenvalue weighted by Gasteiger charge is -2.29. The molecule has 0 aromatic carbocycles. The van der Waals surface area contributed by atoms with Gasteiger partial charge >= 0.3 is 12.1 Å². The van der Waals surface area contributed by atoms with E-state index >= 15 is 0 Å². The lowest BCUT2D eigenvalue weighted by atomic mass is 9.97. The van der Waals surface area contributed by atoms with E-state index in [2.05, 4.69) is 0 Å². The van der Waals surface area contributed by atoms with Gasteiger partial charge in [0.2, 0.25) is 0 Å². The first-order valence-electron chi connectivity index (χ1n) is 7.17. The highest BCUT2D eigenvalue weighted by Gasteiger charge is 2.34. The van der Waals surface area contributed by atoms with E-state index in [1.807, 2.05) is 41.5 Å². The maximum absolute atomic E-state index is 12.1. The Hall–Kier alpha value is -1.26. The molecule has 1 aliphatic heterocycles. The Bertz CT molecular complexity index is 365. The van der Waals surface area contributed by atoms with Crippen molar-refractivity contribution in [2.75, 3.05) is 13.2 Å². The number of amides is 1. The zero-order valence-electron chi connectivity index (χ0n) is 13.5. The minimum absolute atomic E-state index is 0.0730. The molecule has 0 aliphatic carbocycles. The second kappa shape index (κ2) is 6.02. The molecule has 0 spiro atoms. The van der Waals surface area contributed by atoms with E-state index < -0.39 is 11.0 Å². The largest absolute Gasteiger partial charge is 0.463 e. The molecule has 0 aromatic rings. The predicted octanol–water partition coefficient (Wildman–Crippen LogP) is 2.98. The molecule has 5 heteroatoms. The van der Waals surface area contributed by atoms with E-state index in [9.17, 15) is 9.59 Å². The molecule has 1 fully saturated rings. The monoisotopic (exact) mass is 285 g/mol. The van der Waals surface area contributed by atoms with Crippen molar-refractivity contribution in [2.24, 2.45) is 5.41 Å². The van der Waals surface area contributed by atoms with Crippen LogP contribution in [0.3, 0.4) is 0 Å². The summed E-state index contributed by atoms with van der Waals surface area (Å²) in [6.07, 6.45) is 1.43. The fourth-order valence-electron chi connectivity index (χ4n) is 1.96. The first-order valence-corrected chi connectivity index (χ1v) is 7.17. The number of hydrogen-bond acceptors (Lipinski definition) is 4. The van der Waals surface area contributed by atoms with Gasteiger partial charge in [-0.25, -0.2) is 4.79 Å². The molecule has 0 aromatic heterocycles. The normalized spacial score (nSPS) is 19.9. The van der Waals surface area contributed by atoms with Crippen LogP contribution in [0.4, 0.5) is 4.79 Å². The van der Waals surface area contributed by atoms with Gasteiger partial charge in [0.25, 0.3) is 0 Å². The Morgan fingerprint density at radius 3 is 2.25 bits per heavy atom. The van der Waals surface area contributed by atoms with Gasteiger partial charge in [-0.15, -0.1) is 0 Å². The smallest absolute Gasteiger partial charge is 0.410 e. The van der Waals surface area contributed by atoms with Crippen molar-refractivity contribution in [3.8, 4) is 0 Å². The summed E-state index contributed by atoms with van der Waals surface area (Å²) in [5.41, 5.74) is -1.03. The molecule has 1 heterocycles. The van der Waals surface area contributed by atoms with Crippen LogP contribution in [0.1, 0.15) is 54.4 Å². The average molecular weight is 285 g/mol. The molecule has 1 amide bonds. The van der Waals surface area contributed by atoms with Crippen molar-refractivity contribution >= 4 is 12.1 Å². The molecular formula is C15H27NO4. The number of carbonyl (C=O) groups is 2. The van der Waals surface area contributed by atoms with Gasteiger partial charge in [-0.05, 0) is 54.4 Å². The lowest BCUT2D eigenvalue weighted by Crippen LogP contribution is -2.42. The van der Waals surface area contributed by atoms with Crippen molar-refractivity contribution < 1.29 is 19.1 Å². The van der Waals surface area contributed by atoms with Crippen molar-refractivity contribution in [1.82, 2.24) is 4.90 Å². The van der Waals surface area contributed by atoms with Crippen LogP contribution in [-0.2, 0) is 14.3 Å². The van der Waals surface area contributed by atoms with Crippen molar-refractivity contribution in [3.05, 3.63) is 0 Å². The molecule has 1 rings (SSSR count). The van der Waals surface area contributed by atoms with Crippen LogP contribution in [0, 0.1) is 5.41 Å². The van der Waals surface area contributed by atoms with E-state index in [1.54, 1.807) is 4.90 Å². The third-order valence-electron chi connectivity index (χ3n) is 3.02. The Kier molecular flexibility index (Phi) is 5.05. The molecular weight excluding hydrogens is 258 g/mol. The van der Waals surface area contributed by atoms with Crippen molar-refractivity contribution in [2.45, 2.75) is 66.0 Å². The van der Waals surface area contributed by atoms with Gasteiger partial charge in [-0.3, -0.25) is 4.79 Å². The zero-order chi connectivity index (χ0) is 15.6. The van der Waals surface area contributed by atoms with Gasteiger partial charge in [-0.1, -0.05) is 0 Å². The lowest BCUT2D eigenvalue weighted by molar-refractivity contribution is -0.154. The average Bonchev–Trinajstić information content (AvgIpc) is 2.70. The van der Waals surface area contributed by atoms with Crippen LogP contribution in [0.2, 0.25) is 0 Å². The summed E-state index contributed by atoms with van der Waals surface area (Å²) in [7, 11) is 0. The zero-order valence-corrected chi connectivity index (χ0v) is 13.5. The highest BCUT2D eigenvalue weighted by molar-refractivity contribution is 5.75. The minimum Gasteiger partial charge on any atom is -0.463 e. The fourth-order valence-corrected chi connectivity index (χ4v) is 1.96. The van der Waals surface area contributed by atoms with Gasteiger partial charge in [-0.2, -0.15) is 0 Å². The number of ether oxygens (including phenoxy) is 2. The molecule has 0 bridgehead atoms. The summed E-state index contributed by atoms with van der Waals surface area (Å²) >= 11 is 0. The SMILES string of the molecule is CC(C)(C)OC(=O)N1CCC[C@@H]1COC(=O)C(C)(C)C. The van der Waals surface area contributed by atoms with Crippen LogP contribution in [0.15, 0.2) is 0 Å². The van der Waals surface area contributed by atoms with Gasteiger partial charge in [0.1, 0.15) is 12.2 Å². The van der Waals surface area contributed by atoms with Crippen molar-refractivity contribution in [3.63, 3.8) is 0 Å². The highest BCUT2D eigenvalue weighted by atomic mass is 16.6. The Balaban J connectivity index is 2.54. The van der Waals surface area contributed by atoms with Gasteiger partial charge < -0.3 is 14.4 Å². The van der Waals surface area contributed by atoms with E-state index in [0.717, 1.165) is 12.8 Å². The van der Waals surface area contributed by atoms with Crippen molar-refractivity contribution in [1.29, 1.82) is 0 Å². The van der Waals surface area contributed by atoms with E-state index in [4.69, 9.17) is 9.47 Å². The summed E-state index contributed by atoms with van der Waals surface area (Å²) in [6.45, 7) is 11.9. The second-order valence-corrected chi connectivity index (χ2v) is 7.32. The summed E-state index contributed by atoms with van der Waals surface area (Å²) in [4.78, 5) is 25.5. The molecule has 1 atom stereocenters. The first kappa shape index (κ1) is 16.8. The molecule has 116 valence electrons. The Labute approximate surface area is 121 Å². The summed E-state index contributed by atoms with van der Waals surface area (Å²) in [5, 5.41) is 0. The van der Waals surface area contributed by atoms with Crippen LogP contribution in [-0.4, -0.2) is 41.8 Å². The molecule has 5 nitrogen and oxygen atoms in total. The number of carbonyl (C=O) groups excluding carboxylic acids is 2. The summed E-state index contributed by atoms with van der Waals surface area (Å²) < 4.78 is 10.7. The van der Waals surface area contributed by atoms with E-state index in [0.29, 0.717) is 6.54 Å². The van der Waals surface area contributed by atoms with E-state index in [-0.39, 0.29) is 24.7 Å². The van der Waals surface area contributed by atoms with Crippen LogP contribution < -0.4 is 0 Å². The van der Waals surface area contributed by atoms with Gasteiger partial charge in [0, 0.05) is 6.54 Å². The number of hydrogen-bond donors (Lipinski definition) is 0. The molecule has 1 saturated heterocycles. The highest BCUT2D eigenvalue weighted by Crippen LogP contribution is 2.22.